The zero-order valence-corrected chi connectivity index (χ0v) is 8.71. The van der Waals surface area contributed by atoms with Crippen LogP contribution in [0.4, 0.5) is 17.1 Å². The normalized spacial score (nSPS) is 23.1. The van der Waals surface area contributed by atoms with Gasteiger partial charge in [0.15, 0.2) is 5.79 Å². The molecule has 0 aromatic heterocycles. The second-order valence-electron chi connectivity index (χ2n) is 3.77. The molecule has 0 aliphatic carbocycles. The molecule has 1 aliphatic heterocycles. The fraction of sp³-hybridized carbons (Fsp3) is 0.400. The first-order valence-electron chi connectivity index (χ1n) is 4.87. The lowest BCUT2D eigenvalue weighted by Gasteiger charge is -2.25. The molecule has 0 amide bonds. The number of hydrogen-bond acceptors (Lipinski definition) is 5. The van der Waals surface area contributed by atoms with E-state index in [1.807, 2.05) is 18.2 Å². The average Bonchev–Trinajstić information content (AvgIpc) is 2.51. The third-order valence-corrected chi connectivity index (χ3v) is 2.46. The number of nitrogen functional groups attached to an aromatic ring is 1. The van der Waals surface area contributed by atoms with E-state index < -0.39 is 5.79 Å². The number of nitrogens with two attached hydrogens (primary N) is 2. The maximum Gasteiger partial charge on any atom is 0.164 e. The predicted molar refractivity (Wildman–Crippen MR) is 61.5 cm³/mol. The van der Waals surface area contributed by atoms with Gasteiger partial charge in [0, 0.05) is 19.2 Å². The molecule has 5 nitrogen and oxygen atoms in total. The molecule has 15 heavy (non-hydrogen) atoms. The quantitative estimate of drug-likeness (QED) is 0.551. The van der Waals surface area contributed by atoms with Gasteiger partial charge in [-0.05, 0) is 18.2 Å². The van der Waals surface area contributed by atoms with Crippen molar-refractivity contribution in [3.8, 4) is 0 Å². The summed E-state index contributed by atoms with van der Waals surface area (Å²) in [5.74, 6) is -0.633. The molecule has 6 N–H and O–H groups in total. The highest BCUT2D eigenvalue weighted by Gasteiger charge is 2.31. The molecule has 0 radical (unpaired) electrons. The van der Waals surface area contributed by atoms with Crippen molar-refractivity contribution in [2.24, 2.45) is 5.73 Å². The Hall–Kier alpha value is -1.46. The summed E-state index contributed by atoms with van der Waals surface area (Å²) in [6.45, 7) is 0.597. The largest absolute Gasteiger partial charge is 0.399 e. The van der Waals surface area contributed by atoms with Crippen molar-refractivity contribution in [3.63, 3.8) is 0 Å². The molecule has 82 valence electrons. The molecular weight excluding hydrogens is 192 g/mol. The van der Waals surface area contributed by atoms with E-state index in [0.717, 1.165) is 17.1 Å². The first-order chi connectivity index (χ1) is 7.13. The van der Waals surface area contributed by atoms with Crippen LogP contribution in [0.5, 0.6) is 0 Å². The molecule has 1 unspecified atom stereocenters. The summed E-state index contributed by atoms with van der Waals surface area (Å²) in [6, 6.07) is 5.62. The van der Waals surface area contributed by atoms with E-state index in [1.54, 1.807) is 7.11 Å². The Morgan fingerprint density at radius 3 is 2.80 bits per heavy atom. The first kappa shape index (κ1) is 10.1. The van der Waals surface area contributed by atoms with Gasteiger partial charge in [-0.25, -0.2) is 0 Å². The van der Waals surface area contributed by atoms with Crippen LogP contribution in [0.2, 0.25) is 0 Å². The topological polar surface area (TPSA) is 85.3 Å². The molecular formula is C10H16N4O. The van der Waals surface area contributed by atoms with Crippen molar-refractivity contribution < 1.29 is 4.74 Å². The zero-order valence-electron chi connectivity index (χ0n) is 8.71. The van der Waals surface area contributed by atoms with E-state index >= 15 is 0 Å². The van der Waals surface area contributed by atoms with E-state index in [2.05, 4.69) is 10.6 Å². The molecule has 0 spiro atoms. The number of hydrogen-bond donors (Lipinski definition) is 4. The SMILES string of the molecule is COCCC1(N)Nc2ccc(N)cc2N1. The first-order valence-corrected chi connectivity index (χ1v) is 4.87. The number of rotatable bonds is 3. The van der Waals surface area contributed by atoms with E-state index in [1.165, 1.54) is 0 Å². The van der Waals surface area contributed by atoms with E-state index in [0.29, 0.717) is 13.0 Å². The van der Waals surface area contributed by atoms with Crippen LogP contribution in [0, 0.1) is 0 Å². The van der Waals surface area contributed by atoms with E-state index in [-0.39, 0.29) is 0 Å². The molecule has 2 rings (SSSR count). The Kier molecular flexibility index (Phi) is 2.42. The number of benzene rings is 1. The van der Waals surface area contributed by atoms with Gasteiger partial charge >= 0.3 is 0 Å². The van der Waals surface area contributed by atoms with Gasteiger partial charge in [-0.1, -0.05) is 0 Å². The number of ether oxygens (including phenoxy) is 1. The van der Waals surface area contributed by atoms with Crippen LogP contribution >= 0.6 is 0 Å². The Bertz CT molecular complexity index is 368. The predicted octanol–water partition coefficient (Wildman–Crippen LogP) is 0.755. The standard InChI is InChI=1S/C10H16N4O/c1-15-5-4-10(12)13-8-3-2-7(11)6-9(8)14-10/h2-3,6,13-14H,4-5,11-12H2,1H3. The van der Waals surface area contributed by atoms with Gasteiger partial charge < -0.3 is 21.1 Å². The Morgan fingerprint density at radius 2 is 2.07 bits per heavy atom. The minimum Gasteiger partial charge on any atom is -0.399 e. The van der Waals surface area contributed by atoms with Gasteiger partial charge in [0.25, 0.3) is 0 Å². The van der Waals surface area contributed by atoms with Crippen LogP contribution < -0.4 is 22.1 Å². The summed E-state index contributed by atoms with van der Waals surface area (Å²) in [6.07, 6.45) is 0.679. The highest BCUT2D eigenvalue weighted by atomic mass is 16.5. The summed E-state index contributed by atoms with van der Waals surface area (Å²) in [7, 11) is 1.66. The minimum absolute atomic E-state index is 0.597. The van der Waals surface area contributed by atoms with Crippen molar-refractivity contribution in [2.75, 3.05) is 30.1 Å². The van der Waals surface area contributed by atoms with Crippen LogP contribution in [0.3, 0.4) is 0 Å². The van der Waals surface area contributed by atoms with Crippen LogP contribution in [-0.4, -0.2) is 19.5 Å². The zero-order chi connectivity index (χ0) is 10.9. The molecule has 5 heteroatoms. The molecule has 1 atom stereocenters. The molecule has 1 aromatic rings. The highest BCUT2D eigenvalue weighted by Crippen LogP contribution is 2.34. The number of fused-ring (bicyclic) bond motifs is 1. The second kappa shape index (κ2) is 3.60. The fourth-order valence-electron chi connectivity index (χ4n) is 1.67. The van der Waals surface area contributed by atoms with Crippen LogP contribution in [0.15, 0.2) is 18.2 Å². The van der Waals surface area contributed by atoms with Gasteiger partial charge in [0.1, 0.15) is 0 Å². The number of methoxy groups -OCH3 is 1. The van der Waals surface area contributed by atoms with Crippen molar-refractivity contribution in [1.82, 2.24) is 0 Å². The Morgan fingerprint density at radius 1 is 1.33 bits per heavy atom. The molecule has 1 aliphatic rings. The van der Waals surface area contributed by atoms with Crippen molar-refractivity contribution in [2.45, 2.75) is 12.2 Å². The van der Waals surface area contributed by atoms with Crippen molar-refractivity contribution in [1.29, 1.82) is 0 Å². The lowest BCUT2D eigenvalue weighted by molar-refractivity contribution is 0.179. The van der Waals surface area contributed by atoms with Gasteiger partial charge in [0.2, 0.25) is 0 Å². The lowest BCUT2D eigenvalue weighted by atomic mass is 10.2. The van der Waals surface area contributed by atoms with Gasteiger partial charge in [-0.15, -0.1) is 0 Å². The van der Waals surface area contributed by atoms with Gasteiger partial charge in [-0.2, -0.15) is 0 Å². The molecule has 0 fully saturated rings. The molecule has 1 aromatic carbocycles. The fourth-order valence-corrected chi connectivity index (χ4v) is 1.67. The van der Waals surface area contributed by atoms with Crippen LogP contribution in [0.25, 0.3) is 0 Å². The average molecular weight is 208 g/mol. The Balaban J connectivity index is 2.14. The Labute approximate surface area is 88.8 Å². The summed E-state index contributed by atoms with van der Waals surface area (Å²) in [5.41, 5.74) is 14.4. The smallest absolute Gasteiger partial charge is 0.164 e. The number of anilines is 3. The van der Waals surface area contributed by atoms with Crippen molar-refractivity contribution >= 4 is 17.1 Å². The summed E-state index contributed by atoms with van der Waals surface area (Å²) < 4.78 is 5.01. The maximum absolute atomic E-state index is 6.10. The van der Waals surface area contributed by atoms with Gasteiger partial charge in [0.05, 0.1) is 18.0 Å². The molecule has 0 saturated heterocycles. The lowest BCUT2D eigenvalue weighted by Crippen LogP contribution is -2.51. The second-order valence-corrected chi connectivity index (χ2v) is 3.77. The molecule has 1 heterocycles. The summed E-state index contributed by atoms with van der Waals surface area (Å²) in [5, 5.41) is 6.40. The van der Waals surface area contributed by atoms with Gasteiger partial charge in [-0.3, -0.25) is 5.73 Å². The number of nitrogens with one attached hydrogen (secondary N) is 2. The summed E-state index contributed by atoms with van der Waals surface area (Å²) >= 11 is 0. The van der Waals surface area contributed by atoms with E-state index in [9.17, 15) is 0 Å². The third kappa shape index (κ3) is 1.98. The van der Waals surface area contributed by atoms with E-state index in [4.69, 9.17) is 16.2 Å². The molecule has 0 saturated carbocycles. The maximum atomic E-state index is 6.10. The van der Waals surface area contributed by atoms with Crippen LogP contribution in [-0.2, 0) is 4.74 Å². The molecule has 0 bridgehead atoms. The third-order valence-electron chi connectivity index (χ3n) is 2.46. The van der Waals surface area contributed by atoms with Crippen molar-refractivity contribution in [3.05, 3.63) is 18.2 Å². The van der Waals surface area contributed by atoms with Crippen LogP contribution in [0.1, 0.15) is 6.42 Å². The summed E-state index contributed by atoms with van der Waals surface area (Å²) in [4.78, 5) is 0. The monoisotopic (exact) mass is 208 g/mol. The highest BCUT2D eigenvalue weighted by molar-refractivity contribution is 5.78. The minimum atomic E-state index is -0.633.